The molecule has 0 aliphatic rings. The summed E-state index contributed by atoms with van der Waals surface area (Å²) in [7, 11) is 1.66. The predicted molar refractivity (Wildman–Crippen MR) is 132 cm³/mol. The van der Waals surface area contributed by atoms with Gasteiger partial charge in [-0.3, -0.25) is 10.2 Å². The summed E-state index contributed by atoms with van der Waals surface area (Å²) in [6.45, 7) is 7.05. The number of nitrogens with one attached hydrogen (secondary N) is 3. The molecule has 2 aromatic carbocycles. The van der Waals surface area contributed by atoms with Crippen molar-refractivity contribution in [1.82, 2.24) is 15.4 Å². The number of hydrazine groups is 1. The lowest BCUT2D eigenvalue weighted by molar-refractivity contribution is 0.414. The van der Waals surface area contributed by atoms with Crippen LogP contribution in [0.2, 0.25) is 0 Å². The molecule has 7 heteroatoms. The van der Waals surface area contributed by atoms with Gasteiger partial charge in [0.2, 0.25) is 0 Å². The molecule has 2 heterocycles. The van der Waals surface area contributed by atoms with Crippen LogP contribution in [0, 0.1) is 0 Å². The lowest BCUT2D eigenvalue weighted by Crippen LogP contribution is -2.21. The topological polar surface area (TPSA) is 79.0 Å². The van der Waals surface area contributed by atoms with Crippen molar-refractivity contribution < 1.29 is 4.74 Å². The first-order valence-corrected chi connectivity index (χ1v) is 11.4. The van der Waals surface area contributed by atoms with Gasteiger partial charge in [-0.15, -0.1) is 11.3 Å². The second-order valence-corrected chi connectivity index (χ2v) is 9.84. The molecule has 0 amide bonds. The molecule has 0 spiro atoms. The van der Waals surface area contributed by atoms with E-state index < -0.39 is 0 Å². The fraction of sp³-hybridized carbons (Fsp3) is 0.280. The number of anilines is 1. The van der Waals surface area contributed by atoms with E-state index in [9.17, 15) is 4.79 Å². The number of aromatic nitrogens is 2. The van der Waals surface area contributed by atoms with E-state index in [-0.39, 0.29) is 11.0 Å². The van der Waals surface area contributed by atoms with Crippen molar-refractivity contribution in [1.29, 1.82) is 0 Å². The van der Waals surface area contributed by atoms with Crippen molar-refractivity contribution >= 4 is 27.4 Å². The maximum absolute atomic E-state index is 12.7. The lowest BCUT2D eigenvalue weighted by Gasteiger charge is -2.17. The Bertz CT molecular complexity index is 1290. The molecule has 4 rings (SSSR count). The molecule has 0 fully saturated rings. The second kappa shape index (κ2) is 9.14. The molecule has 6 nitrogen and oxygen atoms in total. The van der Waals surface area contributed by atoms with Crippen LogP contribution in [0.15, 0.2) is 59.4 Å². The van der Waals surface area contributed by atoms with Gasteiger partial charge in [0.1, 0.15) is 5.75 Å². The molecule has 32 heavy (non-hydrogen) atoms. The number of H-pyrrole nitrogens is 1. The molecule has 166 valence electrons. The summed E-state index contributed by atoms with van der Waals surface area (Å²) in [5, 5.41) is 1.81. The van der Waals surface area contributed by atoms with E-state index in [0.717, 1.165) is 43.5 Å². The van der Waals surface area contributed by atoms with E-state index in [0.29, 0.717) is 13.0 Å². The summed E-state index contributed by atoms with van der Waals surface area (Å²) in [5.74, 6) is 0.830. The maximum atomic E-state index is 12.7. The van der Waals surface area contributed by atoms with Gasteiger partial charge in [0.15, 0.2) is 5.13 Å². The molecule has 0 aliphatic heterocycles. The summed E-state index contributed by atoms with van der Waals surface area (Å²) in [5.41, 5.74) is 9.97. The lowest BCUT2D eigenvalue weighted by atomic mass is 9.90. The number of nitrogens with zero attached hydrogens (tertiary/aromatic N) is 1. The number of rotatable bonds is 7. The number of benzene rings is 2. The summed E-state index contributed by atoms with van der Waals surface area (Å²) < 4.78 is 5.28. The Morgan fingerprint density at radius 1 is 1.09 bits per heavy atom. The molecule has 4 aromatic rings. The van der Waals surface area contributed by atoms with E-state index in [4.69, 9.17) is 9.72 Å². The van der Waals surface area contributed by atoms with Crippen molar-refractivity contribution in [3.05, 3.63) is 86.6 Å². The smallest absolute Gasteiger partial charge is 0.251 e. The van der Waals surface area contributed by atoms with Crippen LogP contribution in [0.4, 0.5) is 5.13 Å². The highest BCUT2D eigenvalue weighted by Crippen LogP contribution is 2.33. The summed E-state index contributed by atoms with van der Waals surface area (Å²) >= 11 is 1.58. The Balaban J connectivity index is 1.55. The minimum Gasteiger partial charge on any atom is -0.497 e. The number of fused-ring (bicyclic) bond motifs is 1. The third kappa shape index (κ3) is 5.00. The summed E-state index contributed by atoms with van der Waals surface area (Å²) in [6.07, 6.45) is 0.544. The largest absolute Gasteiger partial charge is 0.497 e. The van der Waals surface area contributed by atoms with Gasteiger partial charge in [-0.25, -0.2) is 10.4 Å². The number of pyridine rings is 1. The van der Waals surface area contributed by atoms with Crippen LogP contribution in [0.1, 0.15) is 42.5 Å². The molecular formula is C25H28N4O2S. The zero-order chi connectivity index (χ0) is 22.7. The van der Waals surface area contributed by atoms with Gasteiger partial charge >= 0.3 is 0 Å². The van der Waals surface area contributed by atoms with Crippen molar-refractivity contribution in [2.45, 2.75) is 39.2 Å². The number of para-hydroxylation sites is 1. The Kier molecular flexibility index (Phi) is 6.30. The van der Waals surface area contributed by atoms with Gasteiger partial charge < -0.3 is 9.72 Å². The van der Waals surface area contributed by atoms with E-state index in [2.05, 4.69) is 36.6 Å². The fourth-order valence-corrected chi connectivity index (χ4v) is 4.78. The third-order valence-electron chi connectivity index (χ3n) is 5.21. The van der Waals surface area contributed by atoms with Crippen LogP contribution >= 0.6 is 11.3 Å². The molecule has 0 saturated heterocycles. The zero-order valence-electron chi connectivity index (χ0n) is 18.8. The van der Waals surface area contributed by atoms with Crippen LogP contribution < -0.4 is 21.1 Å². The predicted octanol–water partition coefficient (Wildman–Crippen LogP) is 5.00. The normalized spacial score (nSPS) is 11.6. The average Bonchev–Trinajstić information content (AvgIpc) is 3.17. The highest BCUT2D eigenvalue weighted by molar-refractivity contribution is 7.15. The van der Waals surface area contributed by atoms with Gasteiger partial charge in [0, 0.05) is 34.3 Å². The maximum Gasteiger partial charge on any atom is 0.251 e. The van der Waals surface area contributed by atoms with Gasteiger partial charge in [-0.1, -0.05) is 51.1 Å². The van der Waals surface area contributed by atoms with E-state index >= 15 is 0 Å². The SMILES string of the molecule is COc1cccc(CNNc2nc(C(C)(C)C)c(Cc3cc4ccccc4[nH]c3=O)s2)c1. The van der Waals surface area contributed by atoms with Gasteiger partial charge in [-0.2, -0.15) is 0 Å². The van der Waals surface area contributed by atoms with E-state index in [1.165, 1.54) is 0 Å². The zero-order valence-corrected chi connectivity index (χ0v) is 19.6. The highest BCUT2D eigenvalue weighted by Gasteiger charge is 2.24. The summed E-state index contributed by atoms with van der Waals surface area (Å²) in [6, 6.07) is 17.7. The van der Waals surface area contributed by atoms with Crippen LogP contribution in [0.25, 0.3) is 10.9 Å². The van der Waals surface area contributed by atoms with Crippen molar-refractivity contribution in [3.8, 4) is 5.75 Å². The first-order valence-electron chi connectivity index (χ1n) is 10.6. The van der Waals surface area contributed by atoms with Crippen molar-refractivity contribution in [2.24, 2.45) is 0 Å². The monoisotopic (exact) mass is 448 g/mol. The minimum absolute atomic E-state index is 0.0531. The molecule has 0 radical (unpaired) electrons. The van der Waals surface area contributed by atoms with Gasteiger partial charge in [0.25, 0.3) is 5.56 Å². The Hall–Kier alpha value is -3.16. The summed E-state index contributed by atoms with van der Waals surface area (Å²) in [4.78, 5) is 21.6. The van der Waals surface area contributed by atoms with E-state index in [1.807, 2.05) is 54.6 Å². The Morgan fingerprint density at radius 3 is 2.69 bits per heavy atom. The molecule has 0 bridgehead atoms. The number of ether oxygens (including phenoxy) is 1. The quantitative estimate of drug-likeness (QED) is 0.347. The fourth-order valence-electron chi connectivity index (χ4n) is 3.61. The molecule has 0 aliphatic carbocycles. The molecule has 0 saturated carbocycles. The Labute approximate surface area is 191 Å². The van der Waals surface area contributed by atoms with Gasteiger partial charge in [-0.05, 0) is 35.2 Å². The number of hydrogen-bond acceptors (Lipinski definition) is 6. The third-order valence-corrected chi connectivity index (χ3v) is 6.18. The first-order chi connectivity index (χ1) is 15.3. The molecule has 2 aromatic heterocycles. The number of aromatic amines is 1. The Morgan fingerprint density at radius 2 is 1.91 bits per heavy atom. The van der Waals surface area contributed by atoms with Crippen LogP contribution in [0.5, 0.6) is 5.75 Å². The average molecular weight is 449 g/mol. The molecule has 0 atom stereocenters. The molecule has 3 N–H and O–H groups in total. The standard InChI is InChI=1S/C25H28N4O2S/c1-25(2,3)22-21(14-18-13-17-9-5-6-11-20(17)27-23(18)30)32-24(28-22)29-26-15-16-8-7-10-19(12-16)31-4/h5-13,26H,14-15H2,1-4H3,(H,27,30)(H,28,29). The molecule has 0 unspecified atom stereocenters. The first kappa shape index (κ1) is 22.0. The van der Waals surface area contributed by atoms with Crippen LogP contribution in [0.3, 0.4) is 0 Å². The number of thiazole rings is 1. The van der Waals surface area contributed by atoms with Crippen LogP contribution in [-0.4, -0.2) is 17.1 Å². The van der Waals surface area contributed by atoms with Crippen LogP contribution in [-0.2, 0) is 18.4 Å². The van der Waals surface area contributed by atoms with Gasteiger partial charge in [0.05, 0.1) is 12.8 Å². The minimum atomic E-state index is -0.137. The molecular weight excluding hydrogens is 420 g/mol. The second-order valence-electron chi connectivity index (χ2n) is 8.76. The number of hydrogen-bond donors (Lipinski definition) is 3. The van der Waals surface area contributed by atoms with Crippen molar-refractivity contribution in [2.75, 3.05) is 12.5 Å². The highest BCUT2D eigenvalue weighted by atomic mass is 32.1. The number of methoxy groups -OCH3 is 1. The van der Waals surface area contributed by atoms with Crippen molar-refractivity contribution in [3.63, 3.8) is 0 Å². The van der Waals surface area contributed by atoms with E-state index in [1.54, 1.807) is 18.4 Å².